The summed E-state index contributed by atoms with van der Waals surface area (Å²) in [5.41, 5.74) is 4.24. The predicted octanol–water partition coefficient (Wildman–Crippen LogP) is 4.12. The molecule has 6 heteroatoms. The first-order valence-electron chi connectivity index (χ1n) is 8.65. The Hall–Kier alpha value is -2.66. The van der Waals surface area contributed by atoms with Gasteiger partial charge in [-0.25, -0.2) is 4.98 Å². The summed E-state index contributed by atoms with van der Waals surface area (Å²) in [5, 5.41) is 9.54. The van der Waals surface area contributed by atoms with Gasteiger partial charge in [-0.3, -0.25) is 4.68 Å². The highest BCUT2D eigenvalue weighted by Gasteiger charge is 2.28. The second-order valence-electron chi connectivity index (χ2n) is 6.35. The van der Waals surface area contributed by atoms with Gasteiger partial charge in [0.2, 0.25) is 0 Å². The highest BCUT2D eigenvalue weighted by molar-refractivity contribution is 6.32. The molecular weight excluding hydrogens is 348 g/mol. The monoisotopic (exact) mass is 366 g/mol. The van der Waals surface area contributed by atoms with Crippen LogP contribution < -0.4 is 0 Å². The van der Waals surface area contributed by atoms with Crippen LogP contribution in [-0.4, -0.2) is 20.5 Å². The van der Waals surface area contributed by atoms with Crippen molar-refractivity contribution in [2.75, 3.05) is 0 Å². The normalized spacial score (nSPS) is 17.9. The molecule has 4 rings (SSSR count). The van der Waals surface area contributed by atoms with Gasteiger partial charge in [-0.2, -0.15) is 5.10 Å². The first-order chi connectivity index (χ1) is 12.8. The zero-order valence-corrected chi connectivity index (χ0v) is 15.0. The van der Waals surface area contributed by atoms with Crippen molar-refractivity contribution >= 4 is 17.3 Å². The minimum atomic E-state index is 0.207. The van der Waals surface area contributed by atoms with Crippen molar-refractivity contribution in [3.63, 3.8) is 0 Å². The van der Waals surface area contributed by atoms with Crippen LogP contribution in [0.1, 0.15) is 23.1 Å². The summed E-state index contributed by atoms with van der Waals surface area (Å²) in [6.45, 7) is 1.16. The van der Waals surface area contributed by atoms with Gasteiger partial charge in [-0.1, -0.05) is 59.2 Å². The lowest BCUT2D eigenvalue weighted by molar-refractivity contribution is 0.128. The van der Waals surface area contributed by atoms with E-state index in [1.807, 2.05) is 47.1 Å². The molecule has 3 aromatic rings. The van der Waals surface area contributed by atoms with E-state index < -0.39 is 0 Å². The topological polar surface area (TPSA) is 52.3 Å². The lowest BCUT2D eigenvalue weighted by Crippen LogP contribution is -2.28. The number of fused-ring (bicyclic) bond motifs is 1. The van der Waals surface area contributed by atoms with Crippen molar-refractivity contribution in [3.05, 3.63) is 82.9 Å². The highest BCUT2D eigenvalue weighted by atomic mass is 35.5. The molecule has 132 valence electrons. The zero-order valence-electron chi connectivity index (χ0n) is 14.3. The van der Waals surface area contributed by atoms with Crippen LogP contribution in [0.25, 0.3) is 0 Å². The largest absolute Gasteiger partial charge is 0.391 e. The third-order valence-electron chi connectivity index (χ3n) is 4.64. The Labute approximate surface area is 157 Å². The molecule has 0 radical (unpaired) electrons. The first-order valence-corrected chi connectivity index (χ1v) is 9.03. The Morgan fingerprint density at radius 2 is 2.04 bits per heavy atom. The molecule has 0 fully saturated rings. The molecule has 1 unspecified atom stereocenters. The Kier molecular flexibility index (Phi) is 4.97. The van der Waals surface area contributed by atoms with Crippen LogP contribution in [0.5, 0.6) is 0 Å². The fourth-order valence-corrected chi connectivity index (χ4v) is 3.60. The molecule has 0 bridgehead atoms. The van der Waals surface area contributed by atoms with Crippen LogP contribution in [0.2, 0.25) is 5.02 Å². The predicted molar refractivity (Wildman–Crippen MR) is 101 cm³/mol. The van der Waals surface area contributed by atoms with Crippen molar-refractivity contribution in [2.24, 2.45) is 11.1 Å². The van der Waals surface area contributed by atoms with Gasteiger partial charge in [0, 0.05) is 16.5 Å². The molecular formula is C20H19ClN4O. The van der Waals surface area contributed by atoms with Gasteiger partial charge < -0.3 is 4.84 Å². The third kappa shape index (κ3) is 3.63. The number of benzene rings is 2. The summed E-state index contributed by atoms with van der Waals surface area (Å²) in [7, 11) is 0. The van der Waals surface area contributed by atoms with E-state index >= 15 is 0 Å². The molecule has 1 heterocycles. The van der Waals surface area contributed by atoms with Crippen LogP contribution in [0.3, 0.4) is 0 Å². The third-order valence-corrected chi connectivity index (χ3v) is 4.99. The average Bonchev–Trinajstić information content (AvgIpc) is 3.17. The standard InChI is InChI=1S/C20H19ClN4O/c21-19-8-4-7-18-17(19)10-9-16(11-25-14-22-13-23-25)20(18)24-26-12-15-5-2-1-3-6-15/h1-8,13-14,16H,9-12H2/b24-20-. The summed E-state index contributed by atoms with van der Waals surface area (Å²) in [4.78, 5) is 9.74. The van der Waals surface area contributed by atoms with E-state index in [-0.39, 0.29) is 5.92 Å². The van der Waals surface area contributed by atoms with Crippen LogP contribution >= 0.6 is 11.6 Å². The summed E-state index contributed by atoms with van der Waals surface area (Å²) in [6, 6.07) is 16.0. The molecule has 0 saturated heterocycles. The van der Waals surface area contributed by atoms with Crippen molar-refractivity contribution in [1.82, 2.24) is 14.8 Å². The van der Waals surface area contributed by atoms with Crippen molar-refractivity contribution in [3.8, 4) is 0 Å². The van der Waals surface area contributed by atoms with Crippen molar-refractivity contribution in [1.29, 1.82) is 0 Å². The van der Waals surface area contributed by atoms with E-state index in [9.17, 15) is 0 Å². The number of rotatable bonds is 5. The van der Waals surface area contributed by atoms with Crippen molar-refractivity contribution < 1.29 is 4.84 Å². The Morgan fingerprint density at radius 1 is 1.15 bits per heavy atom. The van der Waals surface area contributed by atoms with Crippen LogP contribution in [0, 0.1) is 5.92 Å². The molecule has 0 amide bonds. The minimum absolute atomic E-state index is 0.207. The van der Waals surface area contributed by atoms with Gasteiger partial charge in [0.1, 0.15) is 19.3 Å². The van der Waals surface area contributed by atoms with E-state index in [4.69, 9.17) is 16.4 Å². The van der Waals surface area contributed by atoms with Gasteiger partial charge >= 0.3 is 0 Å². The quantitative estimate of drug-likeness (QED) is 0.638. The Bertz CT molecular complexity index is 893. The van der Waals surface area contributed by atoms with Gasteiger partial charge in [0.05, 0.1) is 12.3 Å². The number of nitrogens with zero attached hydrogens (tertiary/aromatic N) is 4. The van der Waals surface area contributed by atoms with Gasteiger partial charge in [0.15, 0.2) is 0 Å². The highest BCUT2D eigenvalue weighted by Crippen LogP contribution is 2.32. The van der Waals surface area contributed by atoms with E-state index in [1.54, 1.807) is 12.7 Å². The number of oxime groups is 1. The van der Waals surface area contributed by atoms with Crippen LogP contribution in [0.4, 0.5) is 0 Å². The molecule has 1 atom stereocenters. The fourth-order valence-electron chi connectivity index (χ4n) is 3.33. The molecule has 0 N–H and O–H groups in total. The molecule has 1 aromatic heterocycles. The lowest BCUT2D eigenvalue weighted by Gasteiger charge is -2.26. The molecule has 2 aromatic carbocycles. The minimum Gasteiger partial charge on any atom is -0.391 e. The molecule has 0 aliphatic heterocycles. The first kappa shape index (κ1) is 16.8. The second kappa shape index (κ2) is 7.70. The smallest absolute Gasteiger partial charge is 0.142 e. The summed E-state index contributed by atoms with van der Waals surface area (Å²) >= 11 is 6.40. The number of halogens is 1. The van der Waals surface area contributed by atoms with Crippen LogP contribution in [0.15, 0.2) is 66.3 Å². The Morgan fingerprint density at radius 3 is 2.85 bits per heavy atom. The van der Waals surface area contributed by atoms with E-state index in [2.05, 4.69) is 21.3 Å². The molecule has 0 saturated carbocycles. The van der Waals surface area contributed by atoms with E-state index in [0.717, 1.165) is 46.8 Å². The molecule has 1 aliphatic rings. The van der Waals surface area contributed by atoms with Gasteiger partial charge in [-0.15, -0.1) is 0 Å². The number of hydrogen-bond acceptors (Lipinski definition) is 4. The average molecular weight is 367 g/mol. The lowest BCUT2D eigenvalue weighted by atomic mass is 9.82. The number of hydrogen-bond donors (Lipinski definition) is 0. The summed E-state index contributed by atoms with van der Waals surface area (Å²) in [5.74, 6) is 0.207. The van der Waals surface area contributed by atoms with Gasteiger partial charge in [0.25, 0.3) is 0 Å². The molecule has 0 spiro atoms. The summed E-state index contributed by atoms with van der Waals surface area (Å²) < 4.78 is 1.84. The number of aromatic nitrogens is 3. The fraction of sp³-hybridized carbons (Fsp3) is 0.250. The van der Waals surface area contributed by atoms with Crippen molar-refractivity contribution in [2.45, 2.75) is 26.0 Å². The molecule has 1 aliphatic carbocycles. The molecule has 26 heavy (non-hydrogen) atoms. The maximum Gasteiger partial charge on any atom is 0.142 e. The van der Waals surface area contributed by atoms with E-state index in [1.165, 1.54) is 0 Å². The Balaban J connectivity index is 1.61. The maximum atomic E-state index is 6.40. The van der Waals surface area contributed by atoms with E-state index in [0.29, 0.717) is 6.61 Å². The van der Waals surface area contributed by atoms with Crippen LogP contribution in [-0.2, 0) is 24.4 Å². The van der Waals surface area contributed by atoms with Gasteiger partial charge in [-0.05, 0) is 30.0 Å². The summed E-state index contributed by atoms with van der Waals surface area (Å²) in [6.07, 6.45) is 5.16. The maximum absolute atomic E-state index is 6.40. The SMILES string of the molecule is Clc1cccc2c1CCC(Cn1cncn1)/C2=N/OCc1ccccc1. The second-order valence-corrected chi connectivity index (χ2v) is 6.76. The molecule has 5 nitrogen and oxygen atoms in total. The zero-order chi connectivity index (χ0) is 17.8.